The van der Waals surface area contributed by atoms with Gasteiger partial charge in [0.1, 0.15) is 5.69 Å². The van der Waals surface area contributed by atoms with Crippen LogP contribution in [0.1, 0.15) is 49.3 Å². The minimum absolute atomic E-state index is 0.0442. The zero-order valence-corrected chi connectivity index (χ0v) is 15.4. The first-order valence-corrected chi connectivity index (χ1v) is 9.85. The van der Waals surface area contributed by atoms with Gasteiger partial charge in [0.2, 0.25) is 0 Å². The number of carbonyl (C=O) groups is 1. The average molecular weight is 354 g/mol. The molecule has 1 atom stereocenters. The Hall–Kier alpha value is -2.21. The molecule has 1 aliphatic rings. The number of rotatable bonds is 3. The van der Waals surface area contributed by atoms with E-state index >= 15 is 0 Å². The minimum atomic E-state index is 0.0442. The van der Waals surface area contributed by atoms with Crippen molar-refractivity contribution in [2.24, 2.45) is 0 Å². The van der Waals surface area contributed by atoms with Crippen LogP contribution in [0.2, 0.25) is 0 Å². The van der Waals surface area contributed by atoms with E-state index < -0.39 is 0 Å². The van der Waals surface area contributed by atoms with Crippen LogP contribution in [-0.2, 0) is 6.42 Å². The van der Waals surface area contributed by atoms with Gasteiger partial charge in [0.15, 0.2) is 5.65 Å². The van der Waals surface area contributed by atoms with Crippen LogP contribution in [0.5, 0.6) is 0 Å². The molecule has 1 aliphatic heterocycles. The van der Waals surface area contributed by atoms with Crippen molar-refractivity contribution < 1.29 is 4.79 Å². The van der Waals surface area contributed by atoms with E-state index in [-0.39, 0.29) is 11.9 Å². The molecule has 0 spiro atoms. The first-order chi connectivity index (χ1) is 12.2. The Morgan fingerprint density at radius 3 is 2.96 bits per heavy atom. The second-order valence-corrected chi connectivity index (χ2v) is 7.42. The third-order valence-electron chi connectivity index (χ3n) is 4.96. The van der Waals surface area contributed by atoms with Gasteiger partial charge in [-0.1, -0.05) is 6.92 Å². The predicted octanol–water partition coefficient (Wildman–Crippen LogP) is 4.03. The number of aryl methyl sites for hydroxylation is 1. The number of carbonyl (C=O) groups excluding carboxylic acids is 1. The number of fused-ring (bicyclic) bond motifs is 1. The van der Waals surface area contributed by atoms with E-state index in [2.05, 4.69) is 35.4 Å². The quantitative estimate of drug-likeness (QED) is 0.713. The fourth-order valence-corrected chi connectivity index (χ4v) is 4.15. The second-order valence-electron chi connectivity index (χ2n) is 6.64. The summed E-state index contributed by atoms with van der Waals surface area (Å²) in [6.07, 6.45) is 4.15. The Labute approximate surface area is 151 Å². The second kappa shape index (κ2) is 6.59. The van der Waals surface area contributed by atoms with Gasteiger partial charge < -0.3 is 4.90 Å². The number of hydrogen-bond acceptors (Lipinski definition) is 4. The highest BCUT2D eigenvalue weighted by Crippen LogP contribution is 2.24. The van der Waals surface area contributed by atoms with Gasteiger partial charge in [-0.05, 0) is 50.1 Å². The van der Waals surface area contributed by atoms with Crippen molar-refractivity contribution in [2.45, 2.75) is 45.6 Å². The van der Waals surface area contributed by atoms with E-state index in [1.807, 2.05) is 26.9 Å². The lowest BCUT2D eigenvalue weighted by Gasteiger charge is -2.33. The summed E-state index contributed by atoms with van der Waals surface area (Å²) >= 11 is 1.65. The number of amides is 1. The highest BCUT2D eigenvalue weighted by Gasteiger charge is 2.26. The van der Waals surface area contributed by atoms with Crippen LogP contribution in [-0.4, -0.2) is 38.0 Å². The SMILES string of the molecule is CCc1cc(C(=O)N2CCCCC2C)nc2cc(-c3ccsc3)nn12. The van der Waals surface area contributed by atoms with Gasteiger partial charge in [-0.15, -0.1) is 0 Å². The molecule has 1 saturated heterocycles. The minimum Gasteiger partial charge on any atom is -0.335 e. The molecule has 0 bridgehead atoms. The lowest BCUT2D eigenvalue weighted by atomic mass is 10.0. The lowest BCUT2D eigenvalue weighted by Crippen LogP contribution is -2.42. The average Bonchev–Trinajstić information content (AvgIpc) is 3.29. The summed E-state index contributed by atoms with van der Waals surface area (Å²) in [5.41, 5.74) is 4.29. The van der Waals surface area contributed by atoms with Crippen molar-refractivity contribution in [3.05, 3.63) is 40.3 Å². The van der Waals surface area contributed by atoms with E-state index in [0.717, 1.165) is 48.4 Å². The summed E-state index contributed by atoms with van der Waals surface area (Å²) in [6.45, 7) is 5.04. The van der Waals surface area contributed by atoms with Gasteiger partial charge in [0, 0.05) is 35.3 Å². The maximum absolute atomic E-state index is 13.0. The molecule has 3 aromatic rings. The first-order valence-electron chi connectivity index (χ1n) is 8.90. The van der Waals surface area contributed by atoms with Crippen molar-refractivity contribution >= 4 is 22.9 Å². The highest BCUT2D eigenvalue weighted by molar-refractivity contribution is 7.08. The number of hydrogen-bond donors (Lipinski definition) is 0. The molecule has 6 heteroatoms. The molecular weight excluding hydrogens is 332 g/mol. The van der Waals surface area contributed by atoms with Crippen LogP contribution in [0, 0.1) is 0 Å². The number of aromatic nitrogens is 3. The van der Waals surface area contributed by atoms with E-state index in [1.165, 1.54) is 6.42 Å². The summed E-state index contributed by atoms with van der Waals surface area (Å²) in [7, 11) is 0. The van der Waals surface area contributed by atoms with Gasteiger partial charge in [0.05, 0.1) is 5.69 Å². The topological polar surface area (TPSA) is 50.5 Å². The Morgan fingerprint density at radius 2 is 2.24 bits per heavy atom. The third kappa shape index (κ3) is 2.95. The van der Waals surface area contributed by atoms with Crippen molar-refractivity contribution in [1.29, 1.82) is 0 Å². The van der Waals surface area contributed by atoms with Gasteiger partial charge in [-0.3, -0.25) is 4.79 Å². The summed E-state index contributed by atoms with van der Waals surface area (Å²) in [5.74, 6) is 0.0442. The molecule has 0 aromatic carbocycles. The van der Waals surface area contributed by atoms with Crippen molar-refractivity contribution in [3.63, 3.8) is 0 Å². The molecule has 5 nitrogen and oxygen atoms in total. The van der Waals surface area contributed by atoms with E-state index in [9.17, 15) is 4.79 Å². The lowest BCUT2D eigenvalue weighted by molar-refractivity contribution is 0.0629. The largest absolute Gasteiger partial charge is 0.335 e. The maximum Gasteiger partial charge on any atom is 0.272 e. The molecule has 0 N–H and O–H groups in total. The Kier molecular flexibility index (Phi) is 4.29. The molecule has 0 aliphatic carbocycles. The normalized spacial score (nSPS) is 18.0. The third-order valence-corrected chi connectivity index (χ3v) is 5.65. The van der Waals surface area contributed by atoms with Gasteiger partial charge in [-0.2, -0.15) is 16.4 Å². The first kappa shape index (κ1) is 16.3. The van der Waals surface area contributed by atoms with Gasteiger partial charge in [0.25, 0.3) is 5.91 Å². The van der Waals surface area contributed by atoms with Gasteiger partial charge in [-0.25, -0.2) is 9.50 Å². The highest BCUT2D eigenvalue weighted by atomic mass is 32.1. The van der Waals surface area contributed by atoms with E-state index in [0.29, 0.717) is 5.69 Å². The predicted molar refractivity (Wildman–Crippen MR) is 100 cm³/mol. The Balaban J connectivity index is 1.76. The standard InChI is InChI=1S/C19H22N4OS/c1-3-15-10-17(19(24)22-8-5-4-6-13(22)2)20-18-11-16(21-23(15)18)14-7-9-25-12-14/h7,9-13H,3-6,8H2,1-2H3. The van der Waals surface area contributed by atoms with Crippen molar-refractivity contribution in [2.75, 3.05) is 6.54 Å². The van der Waals surface area contributed by atoms with E-state index in [1.54, 1.807) is 11.3 Å². The van der Waals surface area contributed by atoms with Gasteiger partial charge >= 0.3 is 0 Å². The molecule has 4 rings (SSSR count). The Morgan fingerprint density at radius 1 is 1.36 bits per heavy atom. The van der Waals surface area contributed by atoms with Crippen molar-refractivity contribution in [3.8, 4) is 11.3 Å². The number of piperidine rings is 1. The van der Waals surface area contributed by atoms with Crippen molar-refractivity contribution in [1.82, 2.24) is 19.5 Å². The molecule has 3 aromatic heterocycles. The molecule has 25 heavy (non-hydrogen) atoms. The number of nitrogens with zero attached hydrogens (tertiary/aromatic N) is 4. The smallest absolute Gasteiger partial charge is 0.272 e. The fourth-order valence-electron chi connectivity index (χ4n) is 3.50. The summed E-state index contributed by atoms with van der Waals surface area (Å²) < 4.78 is 1.86. The molecule has 1 fully saturated rings. The molecule has 4 heterocycles. The molecule has 1 unspecified atom stereocenters. The fraction of sp³-hybridized carbons (Fsp3) is 0.421. The molecule has 0 radical (unpaired) electrons. The van der Waals surface area contributed by atoms with Crippen LogP contribution in [0.15, 0.2) is 29.0 Å². The monoisotopic (exact) mass is 354 g/mol. The maximum atomic E-state index is 13.0. The molecule has 0 saturated carbocycles. The Bertz CT molecular complexity index is 900. The van der Waals surface area contributed by atoms with E-state index in [4.69, 9.17) is 0 Å². The molecule has 130 valence electrons. The summed E-state index contributed by atoms with van der Waals surface area (Å²) in [5, 5.41) is 8.81. The summed E-state index contributed by atoms with van der Waals surface area (Å²) in [6, 6.07) is 6.22. The van der Waals surface area contributed by atoms with Crippen LogP contribution in [0.25, 0.3) is 16.9 Å². The van der Waals surface area contributed by atoms with Crippen LogP contribution < -0.4 is 0 Å². The van der Waals surface area contributed by atoms with Crippen LogP contribution in [0.4, 0.5) is 0 Å². The zero-order chi connectivity index (χ0) is 17.4. The van der Waals surface area contributed by atoms with Crippen LogP contribution >= 0.6 is 11.3 Å². The summed E-state index contributed by atoms with van der Waals surface area (Å²) in [4.78, 5) is 19.6. The number of likely N-dealkylation sites (tertiary alicyclic amines) is 1. The molecule has 1 amide bonds. The van der Waals surface area contributed by atoms with Crippen LogP contribution in [0.3, 0.4) is 0 Å². The molecular formula is C19H22N4OS. The zero-order valence-electron chi connectivity index (χ0n) is 14.6. The number of thiophene rings is 1.